The number of fused-ring (bicyclic) bond motifs is 1. The minimum atomic E-state index is -0.845. The highest BCUT2D eigenvalue weighted by Gasteiger charge is 2.24. The van der Waals surface area contributed by atoms with E-state index in [9.17, 15) is 9.18 Å². The molecule has 0 spiro atoms. The lowest BCUT2D eigenvalue weighted by molar-refractivity contribution is 0.0943. The molecule has 2 N–H and O–H groups in total. The van der Waals surface area contributed by atoms with Gasteiger partial charge < -0.3 is 5.32 Å². The first-order valence-corrected chi connectivity index (χ1v) is 8.21. The molecular weight excluding hydrogens is 375 g/mol. The minimum absolute atomic E-state index is 0.0285. The largest absolute Gasteiger partial charge is 0.338 e. The Labute approximate surface area is 156 Å². The lowest BCUT2D eigenvalue weighted by atomic mass is 10.1. The molecule has 9 nitrogen and oxygen atoms in total. The zero-order chi connectivity index (χ0) is 19.0. The molecule has 1 unspecified atom stereocenters. The fourth-order valence-corrected chi connectivity index (χ4v) is 2.73. The summed E-state index contributed by atoms with van der Waals surface area (Å²) in [5, 5.41) is 20.5. The molecule has 4 rings (SSSR count). The molecule has 0 aliphatic rings. The second-order valence-electron chi connectivity index (χ2n) is 5.75. The third kappa shape index (κ3) is 3.22. The van der Waals surface area contributed by atoms with E-state index in [1.54, 1.807) is 18.3 Å². The van der Waals surface area contributed by atoms with Crippen molar-refractivity contribution in [3.05, 3.63) is 70.1 Å². The second-order valence-corrected chi connectivity index (χ2v) is 6.15. The molecule has 136 valence electrons. The van der Waals surface area contributed by atoms with Gasteiger partial charge in [0.1, 0.15) is 17.4 Å². The highest BCUT2D eigenvalue weighted by molar-refractivity contribution is 6.30. The third-order valence-corrected chi connectivity index (χ3v) is 4.23. The molecule has 0 bridgehead atoms. The van der Waals surface area contributed by atoms with Crippen molar-refractivity contribution in [3.8, 4) is 0 Å². The molecule has 0 fully saturated rings. The van der Waals surface area contributed by atoms with Crippen LogP contribution >= 0.6 is 11.6 Å². The second kappa shape index (κ2) is 6.72. The van der Waals surface area contributed by atoms with Crippen LogP contribution in [0.1, 0.15) is 33.5 Å². The Morgan fingerprint density at radius 2 is 2.22 bits per heavy atom. The van der Waals surface area contributed by atoms with Gasteiger partial charge in [-0.2, -0.15) is 10.3 Å². The average molecular weight is 387 g/mol. The Bertz CT molecular complexity index is 1130. The molecule has 1 amide bonds. The Morgan fingerprint density at radius 3 is 2.96 bits per heavy atom. The van der Waals surface area contributed by atoms with Gasteiger partial charge in [0.2, 0.25) is 5.82 Å². The van der Waals surface area contributed by atoms with Crippen LogP contribution in [0.25, 0.3) is 5.65 Å². The van der Waals surface area contributed by atoms with Crippen molar-refractivity contribution in [1.29, 1.82) is 0 Å². The number of aromatic nitrogens is 7. The lowest BCUT2D eigenvalue weighted by Crippen LogP contribution is -2.30. The van der Waals surface area contributed by atoms with Crippen molar-refractivity contribution >= 4 is 23.2 Å². The molecule has 27 heavy (non-hydrogen) atoms. The first-order chi connectivity index (χ1) is 13.0. The van der Waals surface area contributed by atoms with Crippen LogP contribution in [0.4, 0.5) is 4.39 Å². The highest BCUT2D eigenvalue weighted by atomic mass is 35.5. The molecule has 0 aliphatic heterocycles. The molecule has 1 aromatic carbocycles. The summed E-state index contributed by atoms with van der Waals surface area (Å²) in [4.78, 5) is 17.2. The smallest absolute Gasteiger partial charge is 0.257 e. The monoisotopic (exact) mass is 386 g/mol. The summed E-state index contributed by atoms with van der Waals surface area (Å²) in [6, 6.07) is 5.11. The maximum absolute atomic E-state index is 13.9. The molecule has 0 saturated carbocycles. The summed E-state index contributed by atoms with van der Waals surface area (Å²) in [5.74, 6) is -0.913. The van der Waals surface area contributed by atoms with Crippen LogP contribution in [0.3, 0.4) is 0 Å². The first kappa shape index (κ1) is 17.0. The van der Waals surface area contributed by atoms with Gasteiger partial charge in [-0.3, -0.25) is 4.79 Å². The first-order valence-electron chi connectivity index (χ1n) is 7.83. The maximum atomic E-state index is 13.9. The van der Waals surface area contributed by atoms with E-state index in [0.717, 1.165) is 5.69 Å². The van der Waals surface area contributed by atoms with E-state index in [0.29, 0.717) is 11.2 Å². The number of nitrogens with one attached hydrogen (secondary N) is 2. The van der Waals surface area contributed by atoms with Gasteiger partial charge in [0.25, 0.3) is 5.91 Å². The number of hydrogen-bond acceptors (Lipinski definition) is 6. The van der Waals surface area contributed by atoms with E-state index in [2.05, 4.69) is 36.0 Å². The minimum Gasteiger partial charge on any atom is -0.338 e. The molecule has 11 heteroatoms. The number of benzene rings is 1. The Morgan fingerprint density at radius 1 is 1.37 bits per heavy atom. The van der Waals surface area contributed by atoms with Crippen molar-refractivity contribution in [3.63, 3.8) is 0 Å². The maximum Gasteiger partial charge on any atom is 0.257 e. The molecule has 1 atom stereocenters. The fourth-order valence-electron chi connectivity index (χ4n) is 2.61. The summed E-state index contributed by atoms with van der Waals surface area (Å²) in [5.41, 5.74) is 1.82. The van der Waals surface area contributed by atoms with Gasteiger partial charge in [-0.15, -0.1) is 10.2 Å². The van der Waals surface area contributed by atoms with E-state index >= 15 is 0 Å². The van der Waals surface area contributed by atoms with E-state index in [-0.39, 0.29) is 16.4 Å². The van der Waals surface area contributed by atoms with Crippen LogP contribution in [0.15, 0.2) is 36.7 Å². The molecule has 3 heterocycles. The number of rotatable bonds is 4. The molecule has 0 radical (unpaired) electrons. The number of tetrazole rings is 1. The molecule has 0 aliphatic carbocycles. The van der Waals surface area contributed by atoms with Crippen molar-refractivity contribution in [2.24, 2.45) is 0 Å². The van der Waals surface area contributed by atoms with Crippen molar-refractivity contribution in [2.45, 2.75) is 13.0 Å². The van der Waals surface area contributed by atoms with Crippen LogP contribution in [0.2, 0.25) is 5.02 Å². The van der Waals surface area contributed by atoms with Crippen LogP contribution < -0.4 is 5.32 Å². The van der Waals surface area contributed by atoms with E-state index in [1.165, 1.54) is 22.8 Å². The molecule has 3 aromatic heterocycles. The van der Waals surface area contributed by atoms with Gasteiger partial charge in [-0.05, 0) is 30.7 Å². The zero-order valence-electron chi connectivity index (χ0n) is 13.9. The van der Waals surface area contributed by atoms with Gasteiger partial charge in [-0.25, -0.2) is 13.9 Å². The van der Waals surface area contributed by atoms with Crippen LogP contribution in [-0.4, -0.2) is 41.1 Å². The van der Waals surface area contributed by atoms with Crippen LogP contribution in [-0.2, 0) is 0 Å². The quantitative estimate of drug-likeness (QED) is 0.553. The van der Waals surface area contributed by atoms with Crippen molar-refractivity contribution < 1.29 is 9.18 Å². The predicted octanol–water partition coefficient (Wildman–Crippen LogP) is 1.86. The number of amides is 1. The summed E-state index contributed by atoms with van der Waals surface area (Å²) in [7, 11) is 0. The standard InChI is InChI=1S/C16H12ClFN8O/c1-8-4-5-26-15(20-8)10(7-19-26)16(27)21-13(14-22-24-25-23-14)9-2-3-11(17)12(18)6-9/h2-7,13H,1H3,(H,21,27)(H,22,23,24,25). The summed E-state index contributed by atoms with van der Waals surface area (Å²) >= 11 is 5.75. The lowest BCUT2D eigenvalue weighted by Gasteiger charge is -2.16. The Hall–Kier alpha value is -3.40. The number of halogens is 2. The number of nitrogens with zero attached hydrogens (tertiary/aromatic N) is 6. The van der Waals surface area contributed by atoms with E-state index in [4.69, 9.17) is 11.6 Å². The number of carbonyl (C=O) groups is 1. The highest BCUT2D eigenvalue weighted by Crippen LogP contribution is 2.24. The Balaban J connectivity index is 1.72. The zero-order valence-corrected chi connectivity index (χ0v) is 14.6. The number of aryl methyl sites for hydroxylation is 1. The summed E-state index contributed by atoms with van der Waals surface area (Å²) < 4.78 is 15.4. The SMILES string of the molecule is Cc1ccn2ncc(C(=O)NC(c3ccc(Cl)c(F)c3)c3nn[nH]n3)c2n1. The Kier molecular flexibility index (Phi) is 4.24. The number of aromatic amines is 1. The van der Waals surface area contributed by atoms with Crippen molar-refractivity contribution in [1.82, 2.24) is 40.5 Å². The summed E-state index contributed by atoms with van der Waals surface area (Å²) in [6.07, 6.45) is 3.12. The molecular formula is C16H12ClFN8O. The van der Waals surface area contributed by atoms with Gasteiger partial charge in [0, 0.05) is 11.9 Å². The third-order valence-electron chi connectivity index (χ3n) is 3.93. The van der Waals surface area contributed by atoms with Crippen LogP contribution in [0.5, 0.6) is 0 Å². The topological polar surface area (TPSA) is 114 Å². The van der Waals surface area contributed by atoms with Crippen LogP contribution in [0, 0.1) is 12.7 Å². The van der Waals surface area contributed by atoms with Gasteiger partial charge in [0.05, 0.1) is 11.2 Å². The fraction of sp³-hybridized carbons (Fsp3) is 0.125. The van der Waals surface area contributed by atoms with Crippen molar-refractivity contribution in [2.75, 3.05) is 0 Å². The molecule has 0 saturated heterocycles. The van der Waals surface area contributed by atoms with E-state index < -0.39 is 17.8 Å². The number of hydrogen-bond donors (Lipinski definition) is 2. The number of carbonyl (C=O) groups excluding carboxylic acids is 1. The molecule has 4 aromatic rings. The average Bonchev–Trinajstić information content (AvgIpc) is 3.31. The van der Waals surface area contributed by atoms with Gasteiger partial charge in [-0.1, -0.05) is 22.9 Å². The van der Waals surface area contributed by atoms with E-state index in [1.807, 2.05) is 6.92 Å². The van der Waals surface area contributed by atoms with Gasteiger partial charge in [0.15, 0.2) is 5.65 Å². The summed E-state index contributed by atoms with van der Waals surface area (Å²) in [6.45, 7) is 1.81. The van der Waals surface area contributed by atoms with Gasteiger partial charge >= 0.3 is 0 Å². The predicted molar refractivity (Wildman–Crippen MR) is 92.6 cm³/mol. The normalized spacial score (nSPS) is 12.3. The number of H-pyrrole nitrogens is 1.